The van der Waals surface area contributed by atoms with Crippen LogP contribution in [0.1, 0.15) is 28.2 Å². The van der Waals surface area contributed by atoms with Crippen LogP contribution < -0.4 is 10.1 Å². The van der Waals surface area contributed by atoms with E-state index in [1.165, 1.54) is 23.5 Å². The Kier molecular flexibility index (Phi) is 8.60. The minimum absolute atomic E-state index is 0.00238. The smallest absolute Gasteiger partial charge is 0.258 e. The first kappa shape index (κ1) is 22.3. The molecular weight excluding hydrogens is 424 g/mol. The molecule has 29 heavy (non-hydrogen) atoms. The number of carbonyl (C=O) groups is 1. The molecule has 1 atom stereocenters. The van der Waals surface area contributed by atoms with Gasteiger partial charge >= 0.3 is 0 Å². The summed E-state index contributed by atoms with van der Waals surface area (Å²) in [6.07, 6.45) is 1.29. The molecule has 7 heteroatoms. The van der Waals surface area contributed by atoms with Crippen molar-refractivity contribution in [3.05, 3.63) is 64.7 Å². The number of rotatable bonds is 8. The van der Waals surface area contributed by atoms with Crippen molar-refractivity contribution < 1.29 is 9.53 Å². The Morgan fingerprint density at radius 2 is 1.86 bits per heavy atom. The van der Waals surface area contributed by atoms with E-state index in [9.17, 15) is 4.79 Å². The van der Waals surface area contributed by atoms with Gasteiger partial charge in [-0.05, 0) is 61.3 Å². The van der Waals surface area contributed by atoms with Gasteiger partial charge < -0.3 is 15.0 Å². The van der Waals surface area contributed by atoms with Crippen molar-refractivity contribution >= 4 is 41.0 Å². The summed E-state index contributed by atoms with van der Waals surface area (Å²) in [4.78, 5) is 14.3. The number of carbonyl (C=O) groups excluding carboxylic acids is 1. The Bertz CT molecular complexity index is 796. The number of halogens is 1. The molecule has 1 heterocycles. The van der Waals surface area contributed by atoms with Crippen LogP contribution in [0.2, 0.25) is 5.02 Å². The molecule has 3 rings (SSSR count). The maximum atomic E-state index is 12.3. The van der Waals surface area contributed by atoms with Crippen LogP contribution in [0.15, 0.2) is 48.5 Å². The van der Waals surface area contributed by atoms with E-state index >= 15 is 0 Å². The van der Waals surface area contributed by atoms with Crippen LogP contribution in [0.4, 0.5) is 0 Å². The standard InChI is InChI=1S/C22H27ClN2O2S2/c1-25(2)20(18-6-3-4-7-19(18)23)14-24-21(26)15-27-17-10-8-16(9-11-17)22-28-12-5-13-29-22/h3-4,6-11,20,22H,5,12-15H2,1-2H3,(H,24,26). The van der Waals surface area contributed by atoms with Gasteiger partial charge in [0.05, 0.1) is 10.6 Å². The van der Waals surface area contributed by atoms with Gasteiger partial charge in [-0.1, -0.05) is 41.9 Å². The molecule has 4 nitrogen and oxygen atoms in total. The molecule has 0 aromatic heterocycles. The van der Waals surface area contributed by atoms with Gasteiger partial charge in [-0.15, -0.1) is 23.5 Å². The SMILES string of the molecule is CN(C)C(CNC(=O)COc1ccc(C2SCCCS2)cc1)c1ccccc1Cl. The molecule has 0 aliphatic carbocycles. The number of benzene rings is 2. The lowest BCUT2D eigenvalue weighted by Gasteiger charge is -2.26. The third kappa shape index (κ3) is 6.57. The molecule has 1 aliphatic rings. The van der Waals surface area contributed by atoms with Gasteiger partial charge in [0.2, 0.25) is 0 Å². The number of hydrogen-bond acceptors (Lipinski definition) is 5. The fraction of sp³-hybridized carbons (Fsp3) is 0.409. The van der Waals surface area contributed by atoms with Crippen LogP contribution in [0, 0.1) is 0 Å². The molecule has 2 aromatic rings. The van der Waals surface area contributed by atoms with Crippen LogP contribution in [0.3, 0.4) is 0 Å². The van der Waals surface area contributed by atoms with E-state index in [0.717, 1.165) is 5.56 Å². The van der Waals surface area contributed by atoms with Crippen LogP contribution in [-0.4, -0.2) is 49.6 Å². The normalized spacial score (nSPS) is 15.9. The molecule has 1 fully saturated rings. The largest absolute Gasteiger partial charge is 0.484 e. The average molecular weight is 451 g/mol. The fourth-order valence-corrected chi connectivity index (χ4v) is 6.28. The summed E-state index contributed by atoms with van der Waals surface area (Å²) in [6.45, 7) is 0.461. The summed E-state index contributed by atoms with van der Waals surface area (Å²) < 4.78 is 6.18. The quantitative estimate of drug-likeness (QED) is 0.612. The second-order valence-electron chi connectivity index (χ2n) is 7.09. The number of nitrogens with zero attached hydrogens (tertiary/aromatic N) is 1. The monoisotopic (exact) mass is 450 g/mol. The highest BCUT2D eigenvalue weighted by Gasteiger charge is 2.18. The second kappa shape index (κ2) is 11.2. The molecule has 1 N–H and O–H groups in total. The highest BCUT2D eigenvalue weighted by molar-refractivity contribution is 8.16. The lowest BCUT2D eigenvalue weighted by Crippen LogP contribution is -2.37. The van der Waals surface area contributed by atoms with Gasteiger partial charge in [0.1, 0.15) is 5.75 Å². The topological polar surface area (TPSA) is 41.6 Å². The van der Waals surface area contributed by atoms with E-state index < -0.39 is 0 Å². The van der Waals surface area contributed by atoms with Gasteiger partial charge in [-0.25, -0.2) is 0 Å². The Labute approximate surface area is 186 Å². The lowest BCUT2D eigenvalue weighted by molar-refractivity contribution is -0.123. The Morgan fingerprint density at radius 3 is 2.52 bits per heavy atom. The first-order valence-corrected chi connectivity index (χ1v) is 12.2. The van der Waals surface area contributed by atoms with E-state index in [2.05, 4.69) is 17.4 Å². The van der Waals surface area contributed by atoms with Gasteiger partial charge in [0, 0.05) is 11.6 Å². The summed E-state index contributed by atoms with van der Waals surface area (Å²) in [5.41, 5.74) is 2.31. The number of ether oxygens (including phenoxy) is 1. The predicted octanol–water partition coefficient (Wildman–Crippen LogP) is 5.01. The zero-order chi connectivity index (χ0) is 20.6. The van der Waals surface area contributed by atoms with Crippen molar-refractivity contribution in [3.63, 3.8) is 0 Å². The van der Waals surface area contributed by atoms with Crippen molar-refractivity contribution in [3.8, 4) is 5.75 Å². The Hall–Kier alpha value is -1.34. The number of nitrogens with one attached hydrogen (secondary N) is 1. The number of amides is 1. The molecule has 1 aliphatic heterocycles. The van der Waals surface area contributed by atoms with Crippen molar-refractivity contribution in [2.24, 2.45) is 0 Å². The first-order chi connectivity index (χ1) is 14.0. The van der Waals surface area contributed by atoms with Gasteiger partial charge in [0.15, 0.2) is 6.61 Å². The maximum Gasteiger partial charge on any atom is 0.258 e. The van der Waals surface area contributed by atoms with Crippen LogP contribution in [-0.2, 0) is 4.79 Å². The molecule has 0 spiro atoms. The molecule has 2 aromatic carbocycles. The molecule has 0 saturated carbocycles. The summed E-state index contributed by atoms with van der Waals surface area (Å²) in [6, 6.07) is 15.8. The zero-order valence-electron chi connectivity index (χ0n) is 16.8. The van der Waals surface area contributed by atoms with E-state index in [1.807, 2.05) is 78.9 Å². The maximum absolute atomic E-state index is 12.3. The minimum atomic E-state index is -0.147. The molecule has 1 unspecified atom stereocenters. The van der Waals surface area contributed by atoms with Crippen LogP contribution in [0.5, 0.6) is 5.75 Å². The van der Waals surface area contributed by atoms with Crippen LogP contribution in [0.25, 0.3) is 0 Å². The minimum Gasteiger partial charge on any atom is -0.484 e. The molecular formula is C22H27ClN2O2S2. The number of hydrogen-bond donors (Lipinski definition) is 1. The highest BCUT2D eigenvalue weighted by Crippen LogP contribution is 2.43. The van der Waals surface area contributed by atoms with E-state index in [-0.39, 0.29) is 18.6 Å². The van der Waals surface area contributed by atoms with Gasteiger partial charge in [-0.2, -0.15) is 0 Å². The summed E-state index contributed by atoms with van der Waals surface area (Å²) in [7, 11) is 3.95. The molecule has 0 bridgehead atoms. The molecule has 1 amide bonds. The predicted molar refractivity (Wildman–Crippen MR) is 125 cm³/mol. The van der Waals surface area contributed by atoms with E-state index in [4.69, 9.17) is 16.3 Å². The lowest BCUT2D eigenvalue weighted by atomic mass is 10.1. The summed E-state index contributed by atoms with van der Waals surface area (Å²) in [5.74, 6) is 3.01. The third-order valence-electron chi connectivity index (χ3n) is 4.73. The molecule has 1 saturated heterocycles. The van der Waals surface area contributed by atoms with Gasteiger partial charge in [-0.3, -0.25) is 4.79 Å². The van der Waals surface area contributed by atoms with Crippen LogP contribution >= 0.6 is 35.1 Å². The number of likely N-dealkylation sites (N-methyl/N-ethyl adjacent to an activating group) is 1. The Balaban J connectivity index is 1.48. The molecule has 156 valence electrons. The summed E-state index contributed by atoms with van der Waals surface area (Å²) in [5, 5.41) is 3.65. The third-order valence-corrected chi connectivity index (χ3v) is 8.09. The van der Waals surface area contributed by atoms with Crippen molar-refractivity contribution in [1.29, 1.82) is 0 Å². The zero-order valence-corrected chi connectivity index (χ0v) is 19.2. The second-order valence-corrected chi connectivity index (χ2v) is 10.2. The average Bonchev–Trinajstić information content (AvgIpc) is 2.74. The summed E-state index contributed by atoms with van der Waals surface area (Å²) >= 11 is 10.3. The van der Waals surface area contributed by atoms with Crippen molar-refractivity contribution in [2.75, 3.05) is 38.8 Å². The number of thioether (sulfide) groups is 2. The van der Waals surface area contributed by atoms with Gasteiger partial charge in [0.25, 0.3) is 5.91 Å². The highest BCUT2D eigenvalue weighted by atomic mass is 35.5. The van der Waals surface area contributed by atoms with Crippen molar-refractivity contribution in [2.45, 2.75) is 17.0 Å². The van der Waals surface area contributed by atoms with E-state index in [0.29, 0.717) is 21.9 Å². The Morgan fingerprint density at radius 1 is 1.17 bits per heavy atom. The molecule has 0 radical (unpaired) electrons. The fourth-order valence-electron chi connectivity index (χ4n) is 3.13. The van der Waals surface area contributed by atoms with Crippen molar-refractivity contribution in [1.82, 2.24) is 10.2 Å². The van der Waals surface area contributed by atoms with E-state index in [1.54, 1.807) is 0 Å². The first-order valence-electron chi connectivity index (χ1n) is 9.68.